The highest BCUT2D eigenvalue weighted by Gasteiger charge is 2.07. The summed E-state index contributed by atoms with van der Waals surface area (Å²) < 4.78 is 5.38. The van der Waals surface area contributed by atoms with Crippen molar-refractivity contribution in [2.45, 2.75) is 53.0 Å². The molecule has 86 valence electrons. The lowest BCUT2D eigenvalue weighted by Crippen LogP contribution is -2.30. The zero-order chi connectivity index (χ0) is 10.8. The smallest absolute Gasteiger partial charge is 0.0480 e. The zero-order valence-electron chi connectivity index (χ0n) is 10.3. The third kappa shape index (κ3) is 8.52. The third-order valence-electron chi connectivity index (χ3n) is 2.40. The Bertz CT molecular complexity index is 115. The number of nitrogens with one attached hydrogen (secondary N) is 1. The summed E-state index contributed by atoms with van der Waals surface area (Å²) in [5.74, 6) is 0.809. The predicted octanol–water partition coefficient (Wildman–Crippen LogP) is 2.83. The second kappa shape index (κ2) is 9.47. The van der Waals surface area contributed by atoms with Crippen LogP contribution in [0.1, 0.15) is 47.0 Å². The number of hydrogen-bond acceptors (Lipinski definition) is 2. The van der Waals surface area contributed by atoms with Gasteiger partial charge in [0, 0.05) is 19.3 Å². The van der Waals surface area contributed by atoms with Gasteiger partial charge in [0.2, 0.25) is 0 Å². The number of rotatable bonds is 9. The maximum absolute atomic E-state index is 5.38. The lowest BCUT2D eigenvalue weighted by molar-refractivity contribution is 0.134. The maximum atomic E-state index is 5.38. The lowest BCUT2D eigenvalue weighted by Gasteiger charge is -2.18. The molecule has 0 aliphatic carbocycles. The van der Waals surface area contributed by atoms with E-state index in [0.717, 1.165) is 32.1 Å². The van der Waals surface area contributed by atoms with Crippen LogP contribution in [-0.4, -0.2) is 25.8 Å². The van der Waals surface area contributed by atoms with Crippen LogP contribution in [0.15, 0.2) is 0 Å². The number of ether oxygens (including phenoxy) is 1. The summed E-state index contributed by atoms with van der Waals surface area (Å²) in [5, 5.41) is 3.52. The number of hydrogen-bond donors (Lipinski definition) is 1. The van der Waals surface area contributed by atoms with Gasteiger partial charge >= 0.3 is 0 Å². The van der Waals surface area contributed by atoms with E-state index in [-0.39, 0.29) is 0 Å². The molecule has 0 fully saturated rings. The summed E-state index contributed by atoms with van der Waals surface area (Å²) in [6.07, 6.45) is 3.73. The molecule has 0 aliphatic heterocycles. The van der Waals surface area contributed by atoms with Crippen LogP contribution >= 0.6 is 0 Å². The SMILES string of the molecule is CCNC(CCOCC)CCC(C)C. The highest BCUT2D eigenvalue weighted by Crippen LogP contribution is 2.09. The van der Waals surface area contributed by atoms with Crippen LogP contribution < -0.4 is 5.32 Å². The van der Waals surface area contributed by atoms with Gasteiger partial charge in [0.25, 0.3) is 0 Å². The van der Waals surface area contributed by atoms with E-state index in [9.17, 15) is 0 Å². The van der Waals surface area contributed by atoms with Crippen molar-refractivity contribution in [2.24, 2.45) is 5.92 Å². The highest BCUT2D eigenvalue weighted by atomic mass is 16.5. The normalized spacial score (nSPS) is 13.5. The topological polar surface area (TPSA) is 21.3 Å². The van der Waals surface area contributed by atoms with Crippen molar-refractivity contribution in [3.63, 3.8) is 0 Å². The summed E-state index contributed by atoms with van der Waals surface area (Å²) in [6, 6.07) is 0.647. The summed E-state index contributed by atoms with van der Waals surface area (Å²) >= 11 is 0. The van der Waals surface area contributed by atoms with E-state index in [1.807, 2.05) is 0 Å². The monoisotopic (exact) mass is 201 g/mol. The van der Waals surface area contributed by atoms with Gasteiger partial charge in [-0.3, -0.25) is 0 Å². The summed E-state index contributed by atoms with van der Waals surface area (Å²) in [7, 11) is 0. The molecule has 0 aromatic carbocycles. The van der Waals surface area contributed by atoms with Crippen LogP contribution in [0.25, 0.3) is 0 Å². The molecule has 1 atom stereocenters. The summed E-state index contributed by atoms with van der Waals surface area (Å²) in [6.45, 7) is 11.6. The molecule has 0 radical (unpaired) electrons. The molecule has 2 nitrogen and oxygen atoms in total. The van der Waals surface area contributed by atoms with Crippen molar-refractivity contribution in [1.29, 1.82) is 0 Å². The molecule has 0 spiro atoms. The van der Waals surface area contributed by atoms with Crippen molar-refractivity contribution >= 4 is 0 Å². The van der Waals surface area contributed by atoms with E-state index >= 15 is 0 Å². The molecule has 0 amide bonds. The zero-order valence-corrected chi connectivity index (χ0v) is 10.3. The van der Waals surface area contributed by atoms with E-state index in [1.54, 1.807) is 0 Å². The quantitative estimate of drug-likeness (QED) is 0.579. The average molecular weight is 201 g/mol. The minimum absolute atomic E-state index is 0.647. The Labute approximate surface area is 89.4 Å². The molecular weight excluding hydrogens is 174 g/mol. The molecule has 1 N–H and O–H groups in total. The van der Waals surface area contributed by atoms with Gasteiger partial charge < -0.3 is 10.1 Å². The van der Waals surface area contributed by atoms with E-state index in [1.165, 1.54) is 12.8 Å². The molecule has 0 aliphatic rings. The Kier molecular flexibility index (Phi) is 9.42. The molecule has 0 saturated carbocycles. The van der Waals surface area contributed by atoms with Crippen molar-refractivity contribution in [1.82, 2.24) is 5.32 Å². The first-order valence-electron chi connectivity index (χ1n) is 6.01. The molecule has 0 aromatic rings. The largest absolute Gasteiger partial charge is 0.382 e. The summed E-state index contributed by atoms with van der Waals surface area (Å²) in [5.41, 5.74) is 0. The van der Waals surface area contributed by atoms with Gasteiger partial charge in [0.05, 0.1) is 0 Å². The van der Waals surface area contributed by atoms with E-state index in [0.29, 0.717) is 6.04 Å². The maximum Gasteiger partial charge on any atom is 0.0480 e. The molecule has 0 heterocycles. The van der Waals surface area contributed by atoms with E-state index < -0.39 is 0 Å². The highest BCUT2D eigenvalue weighted by molar-refractivity contribution is 4.66. The van der Waals surface area contributed by atoms with Crippen LogP contribution in [-0.2, 0) is 4.74 Å². The first kappa shape index (κ1) is 13.9. The van der Waals surface area contributed by atoms with Gasteiger partial charge in [0.1, 0.15) is 0 Å². The fraction of sp³-hybridized carbons (Fsp3) is 1.00. The molecule has 1 unspecified atom stereocenters. The van der Waals surface area contributed by atoms with Crippen LogP contribution in [0.4, 0.5) is 0 Å². The molecule has 0 bridgehead atoms. The Morgan fingerprint density at radius 1 is 1.07 bits per heavy atom. The van der Waals surface area contributed by atoms with E-state index in [2.05, 4.69) is 33.0 Å². The third-order valence-corrected chi connectivity index (χ3v) is 2.40. The van der Waals surface area contributed by atoms with Gasteiger partial charge in [-0.25, -0.2) is 0 Å². The minimum atomic E-state index is 0.647. The average Bonchev–Trinajstić information content (AvgIpc) is 2.14. The lowest BCUT2D eigenvalue weighted by atomic mass is 10.0. The fourth-order valence-corrected chi connectivity index (χ4v) is 1.54. The van der Waals surface area contributed by atoms with Gasteiger partial charge in [-0.15, -0.1) is 0 Å². The standard InChI is InChI=1S/C12H27NO/c1-5-13-12(8-7-11(3)4)9-10-14-6-2/h11-13H,5-10H2,1-4H3. The Morgan fingerprint density at radius 2 is 1.79 bits per heavy atom. The molecule has 14 heavy (non-hydrogen) atoms. The molecule has 2 heteroatoms. The molecule has 0 saturated heterocycles. The van der Waals surface area contributed by atoms with Crippen molar-refractivity contribution in [3.8, 4) is 0 Å². The van der Waals surface area contributed by atoms with Crippen LogP contribution in [0, 0.1) is 5.92 Å². The van der Waals surface area contributed by atoms with Gasteiger partial charge in [-0.1, -0.05) is 20.8 Å². The van der Waals surface area contributed by atoms with Gasteiger partial charge in [-0.2, -0.15) is 0 Å². The van der Waals surface area contributed by atoms with Crippen molar-refractivity contribution in [3.05, 3.63) is 0 Å². The van der Waals surface area contributed by atoms with Gasteiger partial charge in [0.15, 0.2) is 0 Å². The first-order valence-corrected chi connectivity index (χ1v) is 6.01. The minimum Gasteiger partial charge on any atom is -0.382 e. The molecular formula is C12H27NO. The Morgan fingerprint density at radius 3 is 2.29 bits per heavy atom. The predicted molar refractivity (Wildman–Crippen MR) is 62.6 cm³/mol. The van der Waals surface area contributed by atoms with Crippen molar-refractivity contribution in [2.75, 3.05) is 19.8 Å². The Hall–Kier alpha value is -0.0800. The molecule has 0 rings (SSSR count). The van der Waals surface area contributed by atoms with Crippen LogP contribution in [0.5, 0.6) is 0 Å². The Balaban J connectivity index is 3.54. The first-order chi connectivity index (χ1) is 6.70. The summed E-state index contributed by atoms with van der Waals surface area (Å²) in [4.78, 5) is 0. The van der Waals surface area contributed by atoms with E-state index in [4.69, 9.17) is 4.74 Å². The fourth-order valence-electron chi connectivity index (χ4n) is 1.54. The van der Waals surface area contributed by atoms with Crippen LogP contribution in [0.2, 0.25) is 0 Å². The second-order valence-electron chi connectivity index (χ2n) is 4.21. The molecule has 0 aromatic heterocycles. The second-order valence-corrected chi connectivity index (χ2v) is 4.21. The van der Waals surface area contributed by atoms with Crippen molar-refractivity contribution < 1.29 is 4.74 Å². The van der Waals surface area contributed by atoms with Gasteiger partial charge in [-0.05, 0) is 38.6 Å². The van der Waals surface area contributed by atoms with Crippen LogP contribution in [0.3, 0.4) is 0 Å².